The third-order valence-electron chi connectivity index (χ3n) is 5.09. The third-order valence-corrected chi connectivity index (χ3v) is 5.42. The van der Waals surface area contributed by atoms with Gasteiger partial charge in [0.2, 0.25) is 11.8 Å². The number of carbonyl (C=O) groups excluding carboxylic acids is 2. The van der Waals surface area contributed by atoms with Crippen LogP contribution in [0.3, 0.4) is 0 Å². The Kier molecular flexibility index (Phi) is 5.19. The summed E-state index contributed by atoms with van der Waals surface area (Å²) in [7, 11) is 0. The van der Waals surface area contributed by atoms with Gasteiger partial charge < -0.3 is 10.2 Å². The van der Waals surface area contributed by atoms with Crippen molar-refractivity contribution in [3.63, 3.8) is 0 Å². The Labute approximate surface area is 154 Å². The van der Waals surface area contributed by atoms with Crippen molar-refractivity contribution < 1.29 is 22.8 Å². The molecule has 0 spiro atoms. The molecule has 1 heterocycles. The molecule has 142 valence electrons. The normalized spacial score (nSPS) is 23.7. The maximum atomic E-state index is 12.8. The molecule has 2 unspecified atom stereocenters. The zero-order valence-corrected chi connectivity index (χ0v) is 15.0. The second-order valence-corrected chi connectivity index (χ2v) is 7.55. The molecule has 0 aromatic heterocycles. The van der Waals surface area contributed by atoms with Crippen LogP contribution in [0, 0.1) is 17.8 Å². The fourth-order valence-electron chi connectivity index (χ4n) is 3.24. The number of hydrogen-bond donors (Lipinski definition) is 1. The number of halogens is 4. The van der Waals surface area contributed by atoms with Gasteiger partial charge in [0.15, 0.2) is 0 Å². The van der Waals surface area contributed by atoms with E-state index in [2.05, 4.69) is 12.2 Å². The molecule has 8 heteroatoms. The topological polar surface area (TPSA) is 49.4 Å². The molecule has 0 bridgehead atoms. The van der Waals surface area contributed by atoms with Crippen molar-refractivity contribution in [2.75, 3.05) is 18.4 Å². The summed E-state index contributed by atoms with van der Waals surface area (Å²) in [6.07, 6.45) is -2.19. The summed E-state index contributed by atoms with van der Waals surface area (Å²) in [5, 5.41) is 2.47. The summed E-state index contributed by atoms with van der Waals surface area (Å²) in [6.45, 7) is 3.54. The third kappa shape index (κ3) is 4.14. The molecule has 2 atom stereocenters. The molecule has 0 radical (unpaired) electrons. The van der Waals surface area contributed by atoms with Gasteiger partial charge in [-0.15, -0.1) is 0 Å². The number of nitrogens with zero attached hydrogens (tertiary/aromatic N) is 1. The Bertz CT molecular complexity index is 715. The quantitative estimate of drug-likeness (QED) is 0.844. The summed E-state index contributed by atoms with van der Waals surface area (Å²) in [4.78, 5) is 26.6. The van der Waals surface area contributed by atoms with E-state index in [1.54, 1.807) is 4.90 Å². The number of piperidine rings is 1. The second-order valence-electron chi connectivity index (χ2n) is 7.14. The van der Waals surface area contributed by atoms with Crippen molar-refractivity contribution in [2.24, 2.45) is 17.8 Å². The minimum Gasteiger partial charge on any atom is -0.342 e. The Morgan fingerprint density at radius 3 is 2.46 bits per heavy atom. The van der Waals surface area contributed by atoms with E-state index in [4.69, 9.17) is 11.6 Å². The first-order chi connectivity index (χ1) is 12.2. The first-order valence-electron chi connectivity index (χ1n) is 8.63. The number of anilines is 1. The monoisotopic (exact) mass is 388 g/mol. The number of hydrogen-bond acceptors (Lipinski definition) is 2. The lowest BCUT2D eigenvalue weighted by Crippen LogP contribution is -2.39. The molecule has 1 saturated heterocycles. The maximum absolute atomic E-state index is 12.8. The SMILES string of the molecule is CC1CCN(C(=O)C2CC2C(=O)Nc2cc(C(F)(F)F)ccc2Cl)CC1. The summed E-state index contributed by atoms with van der Waals surface area (Å²) in [6, 6.07) is 2.77. The van der Waals surface area contributed by atoms with Crippen LogP contribution in [0.2, 0.25) is 5.02 Å². The van der Waals surface area contributed by atoms with Gasteiger partial charge in [0.05, 0.1) is 28.1 Å². The average Bonchev–Trinajstić information content (AvgIpc) is 3.36. The number of nitrogens with one attached hydrogen (secondary N) is 1. The Balaban J connectivity index is 1.61. The highest BCUT2D eigenvalue weighted by molar-refractivity contribution is 6.33. The van der Waals surface area contributed by atoms with Gasteiger partial charge in [0.1, 0.15) is 0 Å². The maximum Gasteiger partial charge on any atom is 0.416 e. The lowest BCUT2D eigenvalue weighted by atomic mass is 9.99. The molecule has 4 nitrogen and oxygen atoms in total. The van der Waals surface area contributed by atoms with E-state index in [9.17, 15) is 22.8 Å². The number of benzene rings is 1. The van der Waals surface area contributed by atoms with Crippen LogP contribution < -0.4 is 5.32 Å². The molecular weight excluding hydrogens is 369 g/mol. The summed E-state index contributed by atoms with van der Waals surface area (Å²) < 4.78 is 38.4. The van der Waals surface area contributed by atoms with Crippen molar-refractivity contribution >= 4 is 29.1 Å². The highest BCUT2D eigenvalue weighted by Gasteiger charge is 2.49. The van der Waals surface area contributed by atoms with Gasteiger partial charge in [-0.25, -0.2) is 0 Å². The largest absolute Gasteiger partial charge is 0.416 e. The van der Waals surface area contributed by atoms with Gasteiger partial charge in [0.25, 0.3) is 0 Å². The van der Waals surface area contributed by atoms with E-state index >= 15 is 0 Å². The summed E-state index contributed by atoms with van der Waals surface area (Å²) in [5.41, 5.74) is -0.973. The molecule has 2 aliphatic rings. The predicted octanol–water partition coefficient (Wildman–Crippen LogP) is 4.19. The van der Waals surface area contributed by atoms with Gasteiger partial charge in [-0.2, -0.15) is 13.2 Å². The van der Waals surface area contributed by atoms with E-state index in [1.807, 2.05) is 0 Å². The number of rotatable bonds is 3. The van der Waals surface area contributed by atoms with Crippen LogP contribution in [-0.4, -0.2) is 29.8 Å². The molecule has 1 aromatic carbocycles. The standard InChI is InChI=1S/C18H20ClF3N2O2/c1-10-4-6-24(7-5-10)17(26)13-9-12(13)16(25)23-15-8-11(18(20,21)22)2-3-14(15)19/h2-3,8,10,12-13H,4-7,9H2,1H3,(H,23,25). The molecule has 1 aliphatic heterocycles. The first kappa shape index (κ1) is 19.0. The molecule has 1 aromatic rings. The minimum absolute atomic E-state index is 0.0277. The van der Waals surface area contributed by atoms with Crippen molar-refractivity contribution in [2.45, 2.75) is 32.4 Å². The molecule has 1 saturated carbocycles. The van der Waals surface area contributed by atoms with E-state index in [1.165, 1.54) is 0 Å². The van der Waals surface area contributed by atoms with Crippen molar-refractivity contribution in [1.29, 1.82) is 0 Å². The number of amides is 2. The first-order valence-corrected chi connectivity index (χ1v) is 9.01. The Hall–Kier alpha value is -1.76. The molecular formula is C18H20ClF3N2O2. The molecule has 26 heavy (non-hydrogen) atoms. The number of alkyl halides is 3. The molecule has 1 N–H and O–H groups in total. The fourth-order valence-corrected chi connectivity index (χ4v) is 3.41. The smallest absolute Gasteiger partial charge is 0.342 e. The van der Waals surface area contributed by atoms with Crippen LogP contribution in [0.15, 0.2) is 18.2 Å². The van der Waals surface area contributed by atoms with Crippen LogP contribution in [0.4, 0.5) is 18.9 Å². The van der Waals surface area contributed by atoms with Crippen LogP contribution in [0.25, 0.3) is 0 Å². The second kappa shape index (κ2) is 7.10. The van der Waals surface area contributed by atoms with E-state index in [-0.39, 0.29) is 22.5 Å². The Morgan fingerprint density at radius 2 is 1.85 bits per heavy atom. The van der Waals surface area contributed by atoms with Gasteiger partial charge in [-0.05, 0) is 43.4 Å². The lowest BCUT2D eigenvalue weighted by molar-refractivity contribution is -0.137. The van der Waals surface area contributed by atoms with Gasteiger partial charge in [-0.3, -0.25) is 9.59 Å². The Morgan fingerprint density at radius 1 is 1.19 bits per heavy atom. The molecule has 1 aliphatic carbocycles. The summed E-state index contributed by atoms with van der Waals surface area (Å²) >= 11 is 5.89. The minimum atomic E-state index is -4.52. The van der Waals surface area contributed by atoms with Gasteiger partial charge >= 0.3 is 6.18 Å². The van der Waals surface area contributed by atoms with E-state index in [0.717, 1.165) is 31.0 Å². The van der Waals surface area contributed by atoms with Crippen LogP contribution in [-0.2, 0) is 15.8 Å². The summed E-state index contributed by atoms with van der Waals surface area (Å²) in [5.74, 6) is -0.789. The van der Waals surface area contributed by atoms with E-state index in [0.29, 0.717) is 25.4 Å². The zero-order valence-electron chi connectivity index (χ0n) is 14.3. The van der Waals surface area contributed by atoms with E-state index < -0.39 is 23.6 Å². The molecule has 2 fully saturated rings. The highest BCUT2D eigenvalue weighted by atomic mass is 35.5. The molecule has 3 rings (SSSR count). The van der Waals surface area contributed by atoms with Crippen LogP contribution in [0.5, 0.6) is 0 Å². The molecule has 2 amide bonds. The van der Waals surface area contributed by atoms with Crippen LogP contribution in [0.1, 0.15) is 31.7 Å². The predicted molar refractivity (Wildman–Crippen MR) is 91.7 cm³/mol. The highest BCUT2D eigenvalue weighted by Crippen LogP contribution is 2.42. The number of carbonyl (C=O) groups is 2. The van der Waals surface area contributed by atoms with Crippen molar-refractivity contribution in [3.05, 3.63) is 28.8 Å². The van der Waals surface area contributed by atoms with Crippen LogP contribution >= 0.6 is 11.6 Å². The zero-order chi connectivity index (χ0) is 19.1. The average molecular weight is 389 g/mol. The van der Waals surface area contributed by atoms with Crippen molar-refractivity contribution in [1.82, 2.24) is 4.90 Å². The lowest BCUT2D eigenvalue weighted by Gasteiger charge is -2.30. The van der Waals surface area contributed by atoms with Gasteiger partial charge in [0, 0.05) is 13.1 Å². The van der Waals surface area contributed by atoms with Gasteiger partial charge in [-0.1, -0.05) is 18.5 Å². The van der Waals surface area contributed by atoms with Crippen molar-refractivity contribution in [3.8, 4) is 0 Å². The fraction of sp³-hybridized carbons (Fsp3) is 0.556. The number of likely N-dealkylation sites (tertiary alicyclic amines) is 1.